The molecule has 0 aliphatic carbocycles. The van der Waals surface area contributed by atoms with Crippen LogP contribution in [-0.2, 0) is 27.2 Å². The van der Waals surface area contributed by atoms with Gasteiger partial charge in [0.1, 0.15) is 23.9 Å². The van der Waals surface area contributed by atoms with E-state index in [9.17, 15) is 14.4 Å². The van der Waals surface area contributed by atoms with Crippen LogP contribution in [0.15, 0.2) is 36.4 Å². The molecule has 0 saturated carbocycles. The molecule has 10 heteroatoms. The molecular weight excluding hydrogens is 470 g/mol. The second-order valence-corrected chi connectivity index (χ2v) is 9.74. The lowest BCUT2D eigenvalue weighted by atomic mass is 10.0. The Morgan fingerprint density at radius 3 is 2.46 bits per heavy atom. The van der Waals surface area contributed by atoms with Crippen LogP contribution >= 0.6 is 0 Å². The van der Waals surface area contributed by atoms with Crippen molar-refractivity contribution < 1.29 is 14.4 Å². The average molecular weight is 510 g/mol. The van der Waals surface area contributed by atoms with E-state index in [-0.39, 0.29) is 17.7 Å². The van der Waals surface area contributed by atoms with Crippen molar-refractivity contribution in [2.24, 2.45) is 5.92 Å². The Labute approximate surface area is 218 Å². The molecule has 0 fully saturated rings. The SMILES string of the molecule is CCCCNc1nc2cc(n1)N[C@@H](Cc1ccccc1)C(=O)N[C@H](C(C)C)C(=O)N[C@@H](C)C(=O)NCC2. The van der Waals surface area contributed by atoms with E-state index in [0.29, 0.717) is 31.2 Å². The summed E-state index contributed by atoms with van der Waals surface area (Å²) < 4.78 is 0. The van der Waals surface area contributed by atoms with Crippen LogP contribution in [0.5, 0.6) is 0 Å². The minimum atomic E-state index is -0.805. The predicted octanol–water partition coefficient (Wildman–Crippen LogP) is 2.03. The largest absolute Gasteiger partial charge is 0.358 e. The van der Waals surface area contributed by atoms with Crippen LogP contribution in [0, 0.1) is 5.92 Å². The van der Waals surface area contributed by atoms with Crippen LogP contribution in [0.1, 0.15) is 51.8 Å². The van der Waals surface area contributed by atoms with Crippen molar-refractivity contribution in [3.63, 3.8) is 0 Å². The highest BCUT2D eigenvalue weighted by Gasteiger charge is 2.30. The Kier molecular flexibility index (Phi) is 10.2. The molecule has 2 aromatic rings. The first-order valence-corrected chi connectivity index (χ1v) is 13.1. The standard InChI is InChI=1S/C27H39N7O3/c1-5-6-13-29-27-31-20-12-14-28-24(35)18(4)30-26(37)23(17(2)3)34-25(36)21(32-22(16-20)33-27)15-19-10-8-7-9-11-19/h7-11,16-18,21,23H,5-6,12-15H2,1-4H3,(H,28,35)(H,30,37)(H,34,36)(H2,29,31,32,33)/t18-,21-,23+/m0/s1. The first-order chi connectivity index (χ1) is 17.8. The molecule has 37 heavy (non-hydrogen) atoms. The summed E-state index contributed by atoms with van der Waals surface area (Å²) in [4.78, 5) is 48.4. The van der Waals surface area contributed by atoms with Gasteiger partial charge < -0.3 is 26.6 Å². The van der Waals surface area contributed by atoms with Gasteiger partial charge in [0.25, 0.3) is 0 Å². The van der Waals surface area contributed by atoms with Gasteiger partial charge in [0.05, 0.1) is 0 Å². The number of hydrogen-bond donors (Lipinski definition) is 5. The maximum atomic E-state index is 13.6. The summed E-state index contributed by atoms with van der Waals surface area (Å²) in [5.41, 5.74) is 1.69. The van der Waals surface area contributed by atoms with E-state index in [1.165, 1.54) is 0 Å². The minimum absolute atomic E-state index is 0.188. The summed E-state index contributed by atoms with van der Waals surface area (Å²) in [6.07, 6.45) is 2.87. The van der Waals surface area contributed by atoms with Gasteiger partial charge in [-0.2, -0.15) is 4.98 Å². The summed E-state index contributed by atoms with van der Waals surface area (Å²) in [5.74, 6) is -0.249. The zero-order valence-corrected chi connectivity index (χ0v) is 22.1. The van der Waals surface area contributed by atoms with E-state index < -0.39 is 24.0 Å². The van der Waals surface area contributed by atoms with Crippen molar-refractivity contribution in [2.45, 2.75) is 71.5 Å². The van der Waals surface area contributed by atoms with Crippen LogP contribution in [0.2, 0.25) is 0 Å². The fraction of sp³-hybridized carbons (Fsp3) is 0.519. The average Bonchev–Trinajstić information content (AvgIpc) is 2.86. The van der Waals surface area contributed by atoms with Gasteiger partial charge >= 0.3 is 0 Å². The molecule has 5 N–H and O–H groups in total. The Morgan fingerprint density at radius 2 is 1.76 bits per heavy atom. The predicted molar refractivity (Wildman–Crippen MR) is 144 cm³/mol. The van der Waals surface area contributed by atoms with E-state index >= 15 is 0 Å². The third-order valence-corrected chi connectivity index (χ3v) is 6.19. The van der Waals surface area contributed by atoms with Gasteiger partial charge in [-0.3, -0.25) is 14.4 Å². The number of nitrogens with zero attached hydrogens (tertiary/aromatic N) is 2. The molecule has 1 aliphatic rings. The highest BCUT2D eigenvalue weighted by molar-refractivity contribution is 5.93. The van der Waals surface area contributed by atoms with Gasteiger partial charge in [0.2, 0.25) is 23.7 Å². The van der Waals surface area contributed by atoms with Crippen molar-refractivity contribution in [1.29, 1.82) is 0 Å². The maximum absolute atomic E-state index is 13.6. The molecule has 10 nitrogen and oxygen atoms in total. The van der Waals surface area contributed by atoms with Crippen molar-refractivity contribution >= 4 is 29.5 Å². The Balaban J connectivity index is 1.97. The van der Waals surface area contributed by atoms with E-state index in [1.807, 2.05) is 44.2 Å². The summed E-state index contributed by atoms with van der Waals surface area (Å²) in [5, 5.41) is 15.0. The fourth-order valence-corrected chi connectivity index (χ4v) is 4.02. The van der Waals surface area contributed by atoms with E-state index in [1.54, 1.807) is 13.0 Å². The van der Waals surface area contributed by atoms with Crippen molar-refractivity contribution in [1.82, 2.24) is 25.9 Å². The number of nitrogens with one attached hydrogen (secondary N) is 5. The van der Waals surface area contributed by atoms with Crippen LogP contribution in [0.3, 0.4) is 0 Å². The van der Waals surface area contributed by atoms with E-state index in [0.717, 1.165) is 30.6 Å². The lowest BCUT2D eigenvalue weighted by Gasteiger charge is -2.26. The topological polar surface area (TPSA) is 137 Å². The number of aromatic nitrogens is 2. The molecule has 200 valence electrons. The Hall–Kier alpha value is -3.69. The number of unbranched alkanes of at least 4 members (excludes halogenated alkanes) is 1. The normalized spacial score (nSPS) is 21.1. The van der Waals surface area contributed by atoms with Crippen LogP contribution in [0.25, 0.3) is 0 Å². The Bertz CT molecular complexity index is 1060. The van der Waals surface area contributed by atoms with Gasteiger partial charge in [0, 0.05) is 37.7 Å². The number of benzene rings is 1. The van der Waals surface area contributed by atoms with Crippen molar-refractivity contribution in [3.8, 4) is 0 Å². The zero-order chi connectivity index (χ0) is 26.8. The maximum Gasteiger partial charge on any atom is 0.243 e. The first-order valence-electron chi connectivity index (χ1n) is 13.1. The molecule has 0 spiro atoms. The number of amides is 3. The second kappa shape index (κ2) is 13.6. The van der Waals surface area contributed by atoms with E-state index in [2.05, 4.69) is 43.5 Å². The number of rotatable bonds is 7. The molecule has 3 amide bonds. The second-order valence-electron chi connectivity index (χ2n) is 9.74. The van der Waals surface area contributed by atoms with Gasteiger partial charge in [0.15, 0.2) is 0 Å². The van der Waals surface area contributed by atoms with E-state index in [4.69, 9.17) is 0 Å². The smallest absolute Gasteiger partial charge is 0.243 e. The van der Waals surface area contributed by atoms with Crippen molar-refractivity contribution in [3.05, 3.63) is 47.7 Å². The number of hydrogen-bond acceptors (Lipinski definition) is 7. The minimum Gasteiger partial charge on any atom is -0.358 e. The molecule has 1 aliphatic heterocycles. The quantitative estimate of drug-likeness (QED) is 0.360. The van der Waals surface area contributed by atoms with Gasteiger partial charge in [-0.25, -0.2) is 4.98 Å². The fourth-order valence-electron chi connectivity index (χ4n) is 4.02. The molecule has 1 aromatic heterocycles. The van der Waals surface area contributed by atoms with Crippen LogP contribution < -0.4 is 26.6 Å². The third kappa shape index (κ3) is 8.44. The summed E-state index contributed by atoms with van der Waals surface area (Å²) in [6.45, 7) is 8.53. The number of fused-ring (bicyclic) bond motifs is 2. The summed E-state index contributed by atoms with van der Waals surface area (Å²) in [7, 11) is 0. The molecular formula is C27H39N7O3. The first kappa shape index (κ1) is 27.9. The summed E-state index contributed by atoms with van der Waals surface area (Å²) in [6, 6.07) is 9.25. The van der Waals surface area contributed by atoms with Crippen molar-refractivity contribution in [2.75, 3.05) is 23.7 Å². The molecule has 0 radical (unpaired) electrons. The third-order valence-electron chi connectivity index (χ3n) is 6.19. The molecule has 3 atom stereocenters. The van der Waals surface area contributed by atoms with Crippen LogP contribution in [0.4, 0.5) is 11.8 Å². The highest BCUT2D eigenvalue weighted by atomic mass is 16.2. The monoisotopic (exact) mass is 509 g/mol. The number of carbonyl (C=O) groups is 3. The number of anilines is 2. The van der Waals surface area contributed by atoms with Gasteiger partial charge in [-0.1, -0.05) is 57.5 Å². The molecule has 0 saturated heterocycles. The van der Waals surface area contributed by atoms with Gasteiger partial charge in [-0.05, 0) is 24.8 Å². The lowest BCUT2D eigenvalue weighted by Crippen LogP contribution is -2.56. The number of carbonyl (C=O) groups excluding carboxylic acids is 3. The summed E-state index contributed by atoms with van der Waals surface area (Å²) >= 11 is 0. The van der Waals surface area contributed by atoms with Gasteiger partial charge in [-0.15, -0.1) is 0 Å². The van der Waals surface area contributed by atoms with Crippen LogP contribution in [-0.4, -0.2) is 58.9 Å². The zero-order valence-electron chi connectivity index (χ0n) is 22.1. The molecule has 1 aromatic carbocycles. The Morgan fingerprint density at radius 1 is 1.00 bits per heavy atom. The molecule has 3 rings (SSSR count). The highest BCUT2D eigenvalue weighted by Crippen LogP contribution is 2.16. The lowest BCUT2D eigenvalue weighted by molar-refractivity contribution is -0.132. The molecule has 2 bridgehead atoms. The molecule has 0 unspecified atom stereocenters. The molecule has 2 heterocycles.